The van der Waals surface area contributed by atoms with Gasteiger partial charge in [0.15, 0.2) is 0 Å². The standard InChI is InChI=1S/C18H36N2/c1-14(2)10-11-20-13-17(16-8-6-5-7-9-16)19-12-18(20)15(3)4/h14-19H,5-13H2,1-4H3. The molecule has 1 aliphatic heterocycles. The number of rotatable bonds is 5. The molecule has 1 saturated carbocycles. The second kappa shape index (κ2) is 7.79. The number of piperazine rings is 1. The van der Waals surface area contributed by atoms with Crippen LogP contribution in [0.25, 0.3) is 0 Å². The molecule has 0 spiro atoms. The molecule has 1 heterocycles. The smallest absolute Gasteiger partial charge is 0.0244 e. The molecule has 2 heteroatoms. The van der Waals surface area contributed by atoms with Gasteiger partial charge < -0.3 is 5.32 Å². The molecule has 0 bridgehead atoms. The normalized spacial score (nSPS) is 30.3. The van der Waals surface area contributed by atoms with Crippen molar-refractivity contribution in [3.8, 4) is 0 Å². The van der Waals surface area contributed by atoms with E-state index in [0.29, 0.717) is 0 Å². The van der Waals surface area contributed by atoms with Gasteiger partial charge in [-0.3, -0.25) is 4.90 Å². The van der Waals surface area contributed by atoms with E-state index in [9.17, 15) is 0 Å². The van der Waals surface area contributed by atoms with Crippen LogP contribution in [0.2, 0.25) is 0 Å². The zero-order chi connectivity index (χ0) is 14.5. The molecular formula is C18H36N2. The lowest BCUT2D eigenvalue weighted by atomic mass is 9.82. The van der Waals surface area contributed by atoms with Gasteiger partial charge in [0.1, 0.15) is 0 Å². The van der Waals surface area contributed by atoms with Crippen LogP contribution in [0, 0.1) is 17.8 Å². The van der Waals surface area contributed by atoms with E-state index in [0.717, 1.165) is 29.8 Å². The molecular weight excluding hydrogens is 244 g/mol. The molecule has 0 aromatic carbocycles. The fourth-order valence-corrected chi connectivity index (χ4v) is 4.04. The average Bonchev–Trinajstić information content (AvgIpc) is 2.45. The fourth-order valence-electron chi connectivity index (χ4n) is 4.04. The third-order valence-corrected chi connectivity index (χ3v) is 5.47. The summed E-state index contributed by atoms with van der Waals surface area (Å²) >= 11 is 0. The Morgan fingerprint density at radius 3 is 2.35 bits per heavy atom. The van der Waals surface area contributed by atoms with Gasteiger partial charge in [0, 0.05) is 25.2 Å². The average molecular weight is 280 g/mol. The first kappa shape index (κ1) is 16.3. The quantitative estimate of drug-likeness (QED) is 0.821. The predicted octanol–water partition coefficient (Wildman–Crippen LogP) is 3.91. The summed E-state index contributed by atoms with van der Waals surface area (Å²) in [7, 11) is 0. The lowest BCUT2D eigenvalue weighted by Gasteiger charge is -2.45. The van der Waals surface area contributed by atoms with Crippen molar-refractivity contribution >= 4 is 0 Å². The molecule has 1 aliphatic carbocycles. The van der Waals surface area contributed by atoms with Gasteiger partial charge in [-0.1, -0.05) is 47.0 Å². The Balaban J connectivity index is 1.91. The fraction of sp³-hybridized carbons (Fsp3) is 1.00. The predicted molar refractivity (Wildman–Crippen MR) is 88.0 cm³/mol. The van der Waals surface area contributed by atoms with E-state index >= 15 is 0 Å². The van der Waals surface area contributed by atoms with Crippen molar-refractivity contribution in [2.45, 2.75) is 78.3 Å². The maximum atomic E-state index is 3.90. The second-order valence-electron chi connectivity index (χ2n) is 7.90. The third kappa shape index (κ3) is 4.46. The number of hydrogen-bond acceptors (Lipinski definition) is 2. The van der Waals surface area contributed by atoms with Gasteiger partial charge in [-0.05, 0) is 43.6 Å². The van der Waals surface area contributed by atoms with Gasteiger partial charge in [0.25, 0.3) is 0 Å². The number of nitrogens with zero attached hydrogens (tertiary/aromatic N) is 1. The molecule has 0 amide bonds. The van der Waals surface area contributed by atoms with Crippen LogP contribution in [0.15, 0.2) is 0 Å². The largest absolute Gasteiger partial charge is 0.311 e. The Hall–Kier alpha value is -0.0800. The van der Waals surface area contributed by atoms with Gasteiger partial charge in [0.05, 0.1) is 0 Å². The maximum Gasteiger partial charge on any atom is 0.0244 e. The van der Waals surface area contributed by atoms with E-state index < -0.39 is 0 Å². The van der Waals surface area contributed by atoms with Crippen molar-refractivity contribution in [3.63, 3.8) is 0 Å². The van der Waals surface area contributed by atoms with Crippen LogP contribution in [0.5, 0.6) is 0 Å². The molecule has 0 radical (unpaired) electrons. The van der Waals surface area contributed by atoms with Crippen molar-refractivity contribution < 1.29 is 0 Å². The minimum Gasteiger partial charge on any atom is -0.311 e. The van der Waals surface area contributed by atoms with Crippen LogP contribution >= 0.6 is 0 Å². The summed E-state index contributed by atoms with van der Waals surface area (Å²) in [6, 6.07) is 1.51. The zero-order valence-electron chi connectivity index (χ0n) is 14.2. The van der Waals surface area contributed by atoms with Crippen LogP contribution in [0.3, 0.4) is 0 Å². The SMILES string of the molecule is CC(C)CCN1CC(C2CCCCC2)NCC1C(C)C. The summed E-state index contributed by atoms with van der Waals surface area (Å²) in [5.41, 5.74) is 0. The van der Waals surface area contributed by atoms with E-state index in [1.54, 1.807) is 0 Å². The highest BCUT2D eigenvalue weighted by Crippen LogP contribution is 2.29. The molecule has 20 heavy (non-hydrogen) atoms. The molecule has 2 aliphatic rings. The molecule has 1 N–H and O–H groups in total. The van der Waals surface area contributed by atoms with Crippen LogP contribution in [-0.4, -0.2) is 36.6 Å². The number of hydrogen-bond donors (Lipinski definition) is 1. The van der Waals surface area contributed by atoms with Crippen LogP contribution in [-0.2, 0) is 0 Å². The summed E-state index contributed by atoms with van der Waals surface area (Å²) in [6.45, 7) is 13.3. The highest BCUT2D eigenvalue weighted by Gasteiger charge is 2.33. The molecule has 2 atom stereocenters. The molecule has 0 aromatic heterocycles. The Bertz CT molecular complexity index is 269. The Kier molecular flexibility index (Phi) is 6.35. The van der Waals surface area contributed by atoms with Crippen molar-refractivity contribution in [2.24, 2.45) is 17.8 Å². The molecule has 2 unspecified atom stereocenters. The molecule has 2 fully saturated rings. The van der Waals surface area contributed by atoms with Gasteiger partial charge in [-0.15, -0.1) is 0 Å². The Morgan fingerprint density at radius 2 is 1.75 bits per heavy atom. The highest BCUT2D eigenvalue weighted by atomic mass is 15.2. The van der Waals surface area contributed by atoms with Crippen molar-refractivity contribution in [3.05, 3.63) is 0 Å². The van der Waals surface area contributed by atoms with Gasteiger partial charge >= 0.3 is 0 Å². The van der Waals surface area contributed by atoms with E-state index in [2.05, 4.69) is 37.9 Å². The summed E-state index contributed by atoms with van der Waals surface area (Å²) in [4.78, 5) is 2.81. The van der Waals surface area contributed by atoms with Gasteiger partial charge in [-0.2, -0.15) is 0 Å². The first-order valence-corrected chi connectivity index (χ1v) is 9.05. The summed E-state index contributed by atoms with van der Waals surface area (Å²) < 4.78 is 0. The molecule has 118 valence electrons. The van der Waals surface area contributed by atoms with Crippen LogP contribution < -0.4 is 5.32 Å². The zero-order valence-corrected chi connectivity index (χ0v) is 14.2. The van der Waals surface area contributed by atoms with Crippen molar-refractivity contribution in [1.82, 2.24) is 10.2 Å². The van der Waals surface area contributed by atoms with Crippen molar-refractivity contribution in [1.29, 1.82) is 0 Å². The second-order valence-corrected chi connectivity index (χ2v) is 7.90. The van der Waals surface area contributed by atoms with Crippen LogP contribution in [0.4, 0.5) is 0 Å². The monoisotopic (exact) mass is 280 g/mol. The van der Waals surface area contributed by atoms with E-state index in [1.165, 1.54) is 58.2 Å². The van der Waals surface area contributed by atoms with E-state index in [4.69, 9.17) is 0 Å². The molecule has 2 rings (SSSR count). The third-order valence-electron chi connectivity index (χ3n) is 5.47. The van der Waals surface area contributed by atoms with E-state index in [-0.39, 0.29) is 0 Å². The summed E-state index contributed by atoms with van der Waals surface area (Å²) in [6.07, 6.45) is 8.66. The number of nitrogens with one attached hydrogen (secondary N) is 1. The van der Waals surface area contributed by atoms with E-state index in [1.807, 2.05) is 0 Å². The summed E-state index contributed by atoms with van der Waals surface area (Å²) in [5.74, 6) is 2.53. The van der Waals surface area contributed by atoms with Crippen LogP contribution in [0.1, 0.15) is 66.2 Å². The molecule has 2 nitrogen and oxygen atoms in total. The van der Waals surface area contributed by atoms with Gasteiger partial charge in [0.2, 0.25) is 0 Å². The minimum absolute atomic E-state index is 0.744. The first-order chi connectivity index (χ1) is 9.58. The Labute approximate surface area is 126 Å². The minimum atomic E-state index is 0.744. The summed E-state index contributed by atoms with van der Waals surface area (Å²) in [5, 5.41) is 3.90. The highest BCUT2D eigenvalue weighted by molar-refractivity contribution is 4.91. The lowest BCUT2D eigenvalue weighted by molar-refractivity contribution is 0.0684. The topological polar surface area (TPSA) is 15.3 Å². The molecule has 0 aromatic rings. The maximum absolute atomic E-state index is 3.90. The lowest BCUT2D eigenvalue weighted by Crippen LogP contribution is -2.60. The van der Waals surface area contributed by atoms with Crippen molar-refractivity contribution in [2.75, 3.05) is 19.6 Å². The first-order valence-electron chi connectivity index (χ1n) is 9.05. The molecule has 1 saturated heterocycles. The van der Waals surface area contributed by atoms with Gasteiger partial charge in [-0.25, -0.2) is 0 Å². The Morgan fingerprint density at radius 1 is 1.05 bits per heavy atom.